The predicted octanol–water partition coefficient (Wildman–Crippen LogP) is 4.57. The molecule has 0 fully saturated rings. The van der Waals surface area contributed by atoms with Gasteiger partial charge >= 0.3 is 11.9 Å². The molecule has 0 radical (unpaired) electrons. The van der Waals surface area contributed by atoms with Crippen molar-refractivity contribution in [2.75, 3.05) is 0 Å². The summed E-state index contributed by atoms with van der Waals surface area (Å²) in [7, 11) is 0. The van der Waals surface area contributed by atoms with Gasteiger partial charge in [0.05, 0.1) is 5.41 Å². The van der Waals surface area contributed by atoms with Crippen LogP contribution < -0.4 is 0 Å². The Bertz CT molecular complexity index is 311. The van der Waals surface area contributed by atoms with Crippen molar-refractivity contribution in [2.45, 2.75) is 79.1 Å². The summed E-state index contributed by atoms with van der Waals surface area (Å²) in [5, 5.41) is 18.3. The van der Waals surface area contributed by atoms with Gasteiger partial charge in [-0.1, -0.05) is 47.0 Å². The molecule has 0 spiro atoms. The van der Waals surface area contributed by atoms with Gasteiger partial charge < -0.3 is 10.2 Å². The van der Waals surface area contributed by atoms with Crippen LogP contribution in [0.1, 0.15) is 79.1 Å². The molecule has 0 unspecified atom stereocenters. The van der Waals surface area contributed by atoms with Crippen LogP contribution in [0.5, 0.6) is 0 Å². The van der Waals surface area contributed by atoms with E-state index in [1.807, 2.05) is 0 Å². The van der Waals surface area contributed by atoms with Gasteiger partial charge in [0.15, 0.2) is 0 Å². The van der Waals surface area contributed by atoms with Crippen LogP contribution in [-0.4, -0.2) is 22.2 Å². The van der Waals surface area contributed by atoms with Gasteiger partial charge in [-0.3, -0.25) is 9.59 Å². The second-order valence-electron chi connectivity index (χ2n) is 7.09. The van der Waals surface area contributed by atoms with Crippen molar-refractivity contribution in [1.29, 1.82) is 0 Å². The molecule has 0 bridgehead atoms. The molecule has 0 aromatic heterocycles. The van der Waals surface area contributed by atoms with E-state index < -0.39 is 17.4 Å². The summed E-state index contributed by atoms with van der Waals surface area (Å²) in [6.07, 6.45) is 5.68. The lowest BCUT2D eigenvalue weighted by molar-refractivity contribution is -0.152. The molecule has 0 aliphatic carbocycles. The average molecular weight is 300 g/mol. The average Bonchev–Trinajstić information content (AvgIpc) is 2.31. The Labute approximate surface area is 128 Å². The van der Waals surface area contributed by atoms with Crippen molar-refractivity contribution < 1.29 is 19.8 Å². The first-order valence-corrected chi connectivity index (χ1v) is 8.15. The van der Waals surface area contributed by atoms with Gasteiger partial charge in [0.25, 0.3) is 0 Å². The molecule has 4 nitrogen and oxygen atoms in total. The van der Waals surface area contributed by atoms with E-state index in [9.17, 15) is 14.7 Å². The first-order valence-electron chi connectivity index (χ1n) is 8.15. The Morgan fingerprint density at radius 3 is 1.71 bits per heavy atom. The predicted molar refractivity (Wildman–Crippen MR) is 84.3 cm³/mol. The number of hydrogen-bond acceptors (Lipinski definition) is 2. The molecule has 21 heavy (non-hydrogen) atoms. The molecule has 0 saturated carbocycles. The first-order chi connectivity index (χ1) is 9.69. The summed E-state index contributed by atoms with van der Waals surface area (Å²) in [5.74, 6) is -0.691. The first kappa shape index (κ1) is 19.9. The maximum atomic E-state index is 11.8. The van der Waals surface area contributed by atoms with Crippen molar-refractivity contribution in [3.8, 4) is 0 Å². The van der Waals surface area contributed by atoms with Crippen LogP contribution in [0, 0.1) is 17.3 Å². The third-order valence-corrected chi connectivity index (χ3v) is 3.85. The number of carbonyl (C=O) groups is 2. The number of hydrogen-bond donors (Lipinski definition) is 2. The second kappa shape index (κ2) is 9.80. The van der Waals surface area contributed by atoms with Crippen LogP contribution in [0.3, 0.4) is 0 Å². The summed E-state index contributed by atoms with van der Waals surface area (Å²) in [6, 6.07) is 0. The zero-order valence-corrected chi connectivity index (χ0v) is 14.0. The fraction of sp³-hybridized carbons (Fsp3) is 0.882. The van der Waals surface area contributed by atoms with E-state index in [0.717, 1.165) is 32.1 Å². The van der Waals surface area contributed by atoms with Gasteiger partial charge in [-0.25, -0.2) is 0 Å². The minimum atomic E-state index is -0.755. The third-order valence-electron chi connectivity index (χ3n) is 3.85. The van der Waals surface area contributed by atoms with Crippen molar-refractivity contribution in [3.63, 3.8) is 0 Å². The molecule has 2 N–H and O–H groups in total. The summed E-state index contributed by atoms with van der Waals surface area (Å²) in [4.78, 5) is 22.3. The maximum Gasteiger partial charge on any atom is 0.309 e. The highest BCUT2D eigenvalue weighted by Gasteiger charge is 2.38. The van der Waals surface area contributed by atoms with E-state index in [1.54, 1.807) is 0 Å². The van der Waals surface area contributed by atoms with Gasteiger partial charge in [-0.05, 0) is 37.5 Å². The summed E-state index contributed by atoms with van der Waals surface area (Å²) in [5.41, 5.74) is -0.616. The van der Waals surface area contributed by atoms with Crippen LogP contribution in [0.25, 0.3) is 0 Å². The summed E-state index contributed by atoms with van der Waals surface area (Å²) >= 11 is 0. The zero-order valence-electron chi connectivity index (χ0n) is 14.0. The standard InChI is InChI=1S/C17H32O4/c1-13(2)11-17(16(20)21,12-14(3)4)10-8-6-5-7-9-15(18)19/h13-14H,5-12H2,1-4H3,(H,18,19)(H,20,21). The molecule has 0 amide bonds. The molecule has 0 saturated heterocycles. The lowest BCUT2D eigenvalue weighted by Gasteiger charge is -2.33. The quantitative estimate of drug-likeness (QED) is 0.517. The molecule has 0 aromatic carbocycles. The van der Waals surface area contributed by atoms with E-state index >= 15 is 0 Å². The molecular formula is C17H32O4. The third kappa shape index (κ3) is 8.74. The Morgan fingerprint density at radius 1 is 0.857 bits per heavy atom. The lowest BCUT2D eigenvalue weighted by atomic mass is 9.71. The Hall–Kier alpha value is -1.06. The van der Waals surface area contributed by atoms with Crippen molar-refractivity contribution in [2.24, 2.45) is 17.3 Å². The molecule has 0 rings (SSSR count). The Kier molecular flexibility index (Phi) is 9.31. The number of aliphatic carboxylic acids is 2. The van der Waals surface area contributed by atoms with E-state index in [-0.39, 0.29) is 6.42 Å². The van der Waals surface area contributed by atoms with Crippen molar-refractivity contribution in [1.82, 2.24) is 0 Å². The fourth-order valence-corrected chi connectivity index (χ4v) is 3.23. The van der Waals surface area contributed by atoms with Crippen molar-refractivity contribution >= 4 is 11.9 Å². The molecule has 0 atom stereocenters. The van der Waals surface area contributed by atoms with Crippen LogP contribution in [0.2, 0.25) is 0 Å². The molecule has 0 aromatic rings. The van der Waals surface area contributed by atoms with Crippen LogP contribution in [-0.2, 0) is 9.59 Å². The SMILES string of the molecule is CC(C)CC(CCCCCCC(=O)O)(CC(C)C)C(=O)O. The van der Waals surface area contributed by atoms with Gasteiger partial charge in [-0.2, -0.15) is 0 Å². The van der Waals surface area contributed by atoms with E-state index in [0.29, 0.717) is 24.7 Å². The zero-order chi connectivity index (χ0) is 16.5. The van der Waals surface area contributed by atoms with E-state index in [2.05, 4.69) is 27.7 Å². The van der Waals surface area contributed by atoms with Crippen LogP contribution >= 0.6 is 0 Å². The van der Waals surface area contributed by atoms with Crippen LogP contribution in [0.15, 0.2) is 0 Å². The minimum Gasteiger partial charge on any atom is -0.481 e. The smallest absolute Gasteiger partial charge is 0.309 e. The molecular weight excluding hydrogens is 268 g/mol. The van der Waals surface area contributed by atoms with Gasteiger partial charge in [0.1, 0.15) is 0 Å². The monoisotopic (exact) mass is 300 g/mol. The number of unbranched alkanes of at least 4 members (excludes halogenated alkanes) is 3. The normalized spacial score (nSPS) is 12.1. The molecule has 0 aliphatic heterocycles. The Morgan fingerprint density at radius 2 is 1.33 bits per heavy atom. The molecule has 0 heterocycles. The van der Waals surface area contributed by atoms with Gasteiger partial charge in [-0.15, -0.1) is 0 Å². The minimum absolute atomic E-state index is 0.210. The highest BCUT2D eigenvalue weighted by atomic mass is 16.4. The molecule has 124 valence electrons. The van der Waals surface area contributed by atoms with Gasteiger partial charge in [0.2, 0.25) is 0 Å². The van der Waals surface area contributed by atoms with Crippen LogP contribution in [0.4, 0.5) is 0 Å². The highest BCUT2D eigenvalue weighted by Crippen LogP contribution is 2.39. The fourth-order valence-electron chi connectivity index (χ4n) is 3.23. The molecule has 0 aliphatic rings. The maximum absolute atomic E-state index is 11.8. The lowest BCUT2D eigenvalue weighted by Crippen LogP contribution is -2.34. The second-order valence-corrected chi connectivity index (χ2v) is 7.09. The highest BCUT2D eigenvalue weighted by molar-refractivity contribution is 5.74. The van der Waals surface area contributed by atoms with E-state index in [1.165, 1.54) is 0 Å². The summed E-state index contributed by atoms with van der Waals surface area (Å²) in [6.45, 7) is 8.30. The largest absolute Gasteiger partial charge is 0.481 e. The number of carboxylic acid groups (broad SMARTS) is 2. The van der Waals surface area contributed by atoms with Gasteiger partial charge in [0, 0.05) is 6.42 Å². The summed E-state index contributed by atoms with van der Waals surface area (Å²) < 4.78 is 0. The number of carboxylic acids is 2. The molecule has 4 heteroatoms. The van der Waals surface area contributed by atoms with Crippen molar-refractivity contribution in [3.05, 3.63) is 0 Å². The Balaban J connectivity index is 4.45. The van der Waals surface area contributed by atoms with E-state index in [4.69, 9.17) is 5.11 Å². The number of rotatable bonds is 12. The topological polar surface area (TPSA) is 74.6 Å².